The molecule has 1 atom stereocenters. The number of aryl methyl sites for hydroxylation is 1. The van der Waals surface area contributed by atoms with Crippen molar-refractivity contribution in [2.45, 2.75) is 20.0 Å². The predicted octanol–water partition coefficient (Wildman–Crippen LogP) is 3.03. The normalized spacial score (nSPS) is 11.8. The second-order valence-electron chi connectivity index (χ2n) is 4.88. The molecule has 0 saturated heterocycles. The van der Waals surface area contributed by atoms with Gasteiger partial charge in [-0.2, -0.15) is 0 Å². The lowest BCUT2D eigenvalue weighted by molar-refractivity contribution is -0.114. The van der Waals surface area contributed by atoms with E-state index in [1.54, 1.807) is 0 Å². The molecule has 21 heavy (non-hydrogen) atoms. The lowest BCUT2D eigenvalue weighted by atomic mass is 10.0. The maximum Gasteiger partial charge on any atom is 0.221 e. The summed E-state index contributed by atoms with van der Waals surface area (Å²) >= 11 is 0. The Bertz CT molecular complexity index is 626. The van der Waals surface area contributed by atoms with Crippen LogP contribution in [0.3, 0.4) is 0 Å². The van der Waals surface area contributed by atoms with Crippen LogP contribution in [0.1, 0.15) is 24.2 Å². The van der Waals surface area contributed by atoms with Gasteiger partial charge in [-0.25, -0.2) is 0 Å². The second kappa shape index (κ2) is 6.90. The molecule has 2 rings (SSSR count). The van der Waals surface area contributed by atoms with Crippen LogP contribution in [-0.4, -0.2) is 12.5 Å². The van der Waals surface area contributed by atoms with Crippen molar-refractivity contribution < 1.29 is 9.53 Å². The first-order chi connectivity index (χ1) is 10.1. The molecule has 0 fully saturated rings. The van der Waals surface area contributed by atoms with Gasteiger partial charge in [-0.1, -0.05) is 36.4 Å². The number of rotatable bonds is 5. The molecule has 110 valence electrons. The number of anilines is 1. The van der Waals surface area contributed by atoms with Crippen molar-refractivity contribution in [3.63, 3.8) is 0 Å². The van der Waals surface area contributed by atoms with E-state index < -0.39 is 0 Å². The molecule has 0 aromatic heterocycles. The average molecular weight is 284 g/mol. The summed E-state index contributed by atoms with van der Waals surface area (Å²) in [4.78, 5) is 11.3. The summed E-state index contributed by atoms with van der Waals surface area (Å²) in [5.74, 6) is 0.484. The fourth-order valence-electron chi connectivity index (χ4n) is 2.20. The minimum atomic E-state index is -0.249. The maximum absolute atomic E-state index is 11.3. The van der Waals surface area contributed by atoms with E-state index in [9.17, 15) is 4.79 Å². The summed E-state index contributed by atoms with van der Waals surface area (Å²) in [6.07, 6.45) is -0.249. The molecule has 0 aliphatic heterocycles. The molecule has 4 heteroatoms. The fraction of sp³-hybridized carbons (Fsp3) is 0.235. The average Bonchev–Trinajstić information content (AvgIpc) is 2.47. The number of benzene rings is 2. The summed E-state index contributed by atoms with van der Waals surface area (Å²) in [6.45, 7) is 3.86. The molecule has 2 aromatic rings. The van der Waals surface area contributed by atoms with Crippen molar-refractivity contribution in [2.75, 3.05) is 11.9 Å². The number of carbonyl (C=O) groups is 1. The number of amides is 1. The minimum absolute atomic E-state index is 0.133. The highest BCUT2D eigenvalue weighted by Crippen LogP contribution is 2.29. The molecule has 3 N–H and O–H groups in total. The molecule has 2 aromatic carbocycles. The molecule has 0 radical (unpaired) electrons. The van der Waals surface area contributed by atoms with Crippen LogP contribution in [0.25, 0.3) is 0 Å². The third kappa shape index (κ3) is 3.83. The van der Waals surface area contributed by atoms with Crippen molar-refractivity contribution >= 4 is 11.6 Å². The molecule has 1 unspecified atom stereocenters. The Morgan fingerprint density at radius 2 is 1.86 bits per heavy atom. The van der Waals surface area contributed by atoms with Gasteiger partial charge in [0, 0.05) is 13.5 Å². The Morgan fingerprint density at radius 1 is 1.19 bits per heavy atom. The van der Waals surface area contributed by atoms with Gasteiger partial charge in [-0.05, 0) is 30.2 Å². The predicted molar refractivity (Wildman–Crippen MR) is 84.3 cm³/mol. The summed E-state index contributed by atoms with van der Waals surface area (Å²) in [7, 11) is 0. The van der Waals surface area contributed by atoms with Crippen molar-refractivity contribution in [3.8, 4) is 5.75 Å². The molecule has 0 bridgehead atoms. The van der Waals surface area contributed by atoms with Crippen LogP contribution < -0.4 is 15.8 Å². The lowest BCUT2D eigenvalue weighted by Crippen LogP contribution is -2.20. The second-order valence-corrected chi connectivity index (χ2v) is 4.88. The highest BCUT2D eigenvalue weighted by atomic mass is 16.5. The van der Waals surface area contributed by atoms with Gasteiger partial charge < -0.3 is 15.8 Å². The molecular weight excluding hydrogens is 264 g/mol. The molecule has 0 aliphatic rings. The fourth-order valence-corrected chi connectivity index (χ4v) is 2.20. The largest absolute Gasteiger partial charge is 0.482 e. The van der Waals surface area contributed by atoms with Gasteiger partial charge in [0.15, 0.2) is 0 Å². The number of nitrogens with one attached hydrogen (secondary N) is 1. The standard InChI is InChI=1S/C17H20N2O2/c1-12-7-3-4-8-14(12)17(11-18)21-16-10-6-5-9-15(16)19-13(2)20/h3-10,17H,11,18H2,1-2H3,(H,19,20). The Kier molecular flexibility index (Phi) is 4.95. The smallest absolute Gasteiger partial charge is 0.221 e. The summed E-state index contributed by atoms with van der Waals surface area (Å²) in [6, 6.07) is 15.3. The number of hydrogen-bond donors (Lipinski definition) is 2. The molecular formula is C17H20N2O2. The Balaban J connectivity index is 2.27. The van der Waals surface area contributed by atoms with Crippen molar-refractivity contribution in [3.05, 3.63) is 59.7 Å². The quantitative estimate of drug-likeness (QED) is 0.887. The van der Waals surface area contributed by atoms with Crippen LogP contribution in [-0.2, 0) is 4.79 Å². The third-order valence-electron chi connectivity index (χ3n) is 3.22. The number of carbonyl (C=O) groups excluding carboxylic acids is 1. The van der Waals surface area contributed by atoms with Crippen molar-refractivity contribution in [2.24, 2.45) is 5.73 Å². The molecule has 0 spiro atoms. The Hall–Kier alpha value is -2.33. The van der Waals surface area contributed by atoms with E-state index in [0.717, 1.165) is 11.1 Å². The molecule has 4 nitrogen and oxygen atoms in total. The third-order valence-corrected chi connectivity index (χ3v) is 3.22. The van der Waals surface area contributed by atoms with E-state index in [2.05, 4.69) is 5.32 Å². The molecule has 0 aliphatic carbocycles. The molecule has 0 heterocycles. The van der Waals surface area contributed by atoms with Gasteiger partial charge in [-0.15, -0.1) is 0 Å². The first kappa shape index (κ1) is 15.1. The minimum Gasteiger partial charge on any atom is -0.482 e. The van der Waals surface area contributed by atoms with Gasteiger partial charge >= 0.3 is 0 Å². The van der Waals surface area contributed by atoms with Gasteiger partial charge in [0.05, 0.1) is 5.69 Å². The van der Waals surface area contributed by atoms with Crippen molar-refractivity contribution in [1.82, 2.24) is 0 Å². The highest BCUT2D eigenvalue weighted by Gasteiger charge is 2.15. The number of nitrogens with two attached hydrogens (primary N) is 1. The zero-order valence-electron chi connectivity index (χ0n) is 12.3. The van der Waals surface area contributed by atoms with Crippen LogP contribution in [0.2, 0.25) is 0 Å². The van der Waals surface area contributed by atoms with Gasteiger partial charge in [-0.3, -0.25) is 4.79 Å². The Labute approximate surface area is 124 Å². The monoisotopic (exact) mass is 284 g/mol. The zero-order chi connectivity index (χ0) is 15.2. The van der Waals surface area contributed by atoms with Crippen LogP contribution in [0, 0.1) is 6.92 Å². The van der Waals surface area contributed by atoms with Crippen LogP contribution >= 0.6 is 0 Å². The van der Waals surface area contributed by atoms with E-state index in [-0.39, 0.29) is 12.0 Å². The van der Waals surface area contributed by atoms with E-state index >= 15 is 0 Å². The van der Waals surface area contributed by atoms with E-state index in [4.69, 9.17) is 10.5 Å². The van der Waals surface area contributed by atoms with Crippen LogP contribution in [0.5, 0.6) is 5.75 Å². The SMILES string of the molecule is CC(=O)Nc1ccccc1OC(CN)c1ccccc1C. The lowest BCUT2D eigenvalue weighted by Gasteiger charge is -2.21. The van der Waals surface area contributed by atoms with Gasteiger partial charge in [0.2, 0.25) is 5.91 Å². The van der Waals surface area contributed by atoms with Crippen molar-refractivity contribution in [1.29, 1.82) is 0 Å². The van der Waals surface area contributed by atoms with Gasteiger partial charge in [0.1, 0.15) is 11.9 Å². The number of hydrogen-bond acceptors (Lipinski definition) is 3. The maximum atomic E-state index is 11.3. The molecule has 1 amide bonds. The van der Waals surface area contributed by atoms with E-state index in [1.165, 1.54) is 6.92 Å². The van der Waals surface area contributed by atoms with Crippen LogP contribution in [0.15, 0.2) is 48.5 Å². The number of para-hydroxylation sites is 2. The van der Waals surface area contributed by atoms with Gasteiger partial charge in [0.25, 0.3) is 0 Å². The summed E-state index contributed by atoms with van der Waals surface area (Å²) < 4.78 is 6.02. The number of ether oxygens (including phenoxy) is 1. The topological polar surface area (TPSA) is 64.3 Å². The molecule has 0 saturated carbocycles. The van der Waals surface area contributed by atoms with Crippen LogP contribution in [0.4, 0.5) is 5.69 Å². The zero-order valence-corrected chi connectivity index (χ0v) is 12.3. The van der Waals surface area contributed by atoms with E-state index in [1.807, 2.05) is 55.5 Å². The summed E-state index contributed by atoms with van der Waals surface area (Å²) in [5.41, 5.74) is 8.69. The first-order valence-electron chi connectivity index (χ1n) is 6.90. The van der Waals surface area contributed by atoms with E-state index in [0.29, 0.717) is 18.0 Å². The first-order valence-corrected chi connectivity index (χ1v) is 6.90. The summed E-state index contributed by atoms with van der Waals surface area (Å²) in [5, 5.41) is 2.76. The Morgan fingerprint density at radius 3 is 2.52 bits per heavy atom. The highest BCUT2D eigenvalue weighted by molar-refractivity contribution is 5.90.